The Bertz CT molecular complexity index is 281. The zero-order valence-corrected chi connectivity index (χ0v) is 11.5. The van der Waals surface area contributed by atoms with Crippen molar-refractivity contribution in [3.8, 4) is 0 Å². The van der Waals surface area contributed by atoms with Crippen LogP contribution in [0.5, 0.6) is 0 Å². The number of rotatable bonds is 3. The molecule has 0 radical (unpaired) electrons. The summed E-state index contributed by atoms with van der Waals surface area (Å²) in [6.07, 6.45) is 0.147. The van der Waals surface area contributed by atoms with Crippen molar-refractivity contribution in [3.63, 3.8) is 0 Å². The average molecular weight is 263 g/mol. The number of carbonyl (C=O) groups excluding carboxylic acids is 1. The molecule has 3 nitrogen and oxygen atoms in total. The van der Waals surface area contributed by atoms with Crippen LogP contribution in [-0.4, -0.2) is 48.4 Å². The van der Waals surface area contributed by atoms with E-state index in [4.69, 9.17) is 4.74 Å². The second-order valence-electron chi connectivity index (χ2n) is 4.64. The van der Waals surface area contributed by atoms with Gasteiger partial charge in [0, 0.05) is 32.4 Å². The molecule has 0 unspecified atom stereocenters. The summed E-state index contributed by atoms with van der Waals surface area (Å²) in [6, 6.07) is 0. The summed E-state index contributed by atoms with van der Waals surface area (Å²) in [5.41, 5.74) is -0.592. The van der Waals surface area contributed by atoms with E-state index in [9.17, 15) is 13.6 Å². The fraction of sp³-hybridized carbons (Fsp3) is 0.923. The summed E-state index contributed by atoms with van der Waals surface area (Å²) in [5.74, 6) is -2.44. The Morgan fingerprint density at radius 3 is 2.06 bits per heavy atom. The van der Waals surface area contributed by atoms with E-state index < -0.39 is 11.5 Å². The van der Waals surface area contributed by atoms with Crippen molar-refractivity contribution < 1.29 is 18.3 Å². The van der Waals surface area contributed by atoms with Gasteiger partial charge >= 0.3 is 0 Å². The Balaban J connectivity index is 0.000000771. The quantitative estimate of drug-likeness (QED) is 0.783. The molecular weight excluding hydrogens is 240 g/mol. The maximum absolute atomic E-state index is 13.0. The molecule has 0 spiro atoms. The SMILES string of the molecule is CC.CCC(=O)C1(N2CCC(F)(F)CC2)COC1. The molecule has 0 aromatic heterocycles. The van der Waals surface area contributed by atoms with Crippen molar-refractivity contribution in [1.29, 1.82) is 0 Å². The number of piperidine rings is 1. The topological polar surface area (TPSA) is 29.5 Å². The number of ether oxygens (including phenoxy) is 1. The second-order valence-corrected chi connectivity index (χ2v) is 4.64. The van der Waals surface area contributed by atoms with Gasteiger partial charge in [-0.3, -0.25) is 9.69 Å². The molecule has 2 rings (SSSR count). The highest BCUT2D eigenvalue weighted by Crippen LogP contribution is 2.35. The zero-order chi connectivity index (χ0) is 13.8. The van der Waals surface area contributed by atoms with E-state index in [-0.39, 0.29) is 18.6 Å². The molecule has 0 aromatic carbocycles. The first-order valence-corrected chi connectivity index (χ1v) is 6.74. The summed E-state index contributed by atoms with van der Waals surface area (Å²) < 4.78 is 31.2. The normalized spacial score (nSPS) is 25.6. The van der Waals surface area contributed by atoms with Crippen molar-refractivity contribution in [2.45, 2.75) is 51.5 Å². The lowest BCUT2D eigenvalue weighted by molar-refractivity contribution is -0.180. The van der Waals surface area contributed by atoms with E-state index in [0.29, 0.717) is 32.7 Å². The number of ketones is 1. The summed E-state index contributed by atoms with van der Waals surface area (Å²) in [5, 5.41) is 0. The first kappa shape index (κ1) is 15.5. The van der Waals surface area contributed by atoms with Gasteiger partial charge in [-0.1, -0.05) is 20.8 Å². The van der Waals surface area contributed by atoms with Gasteiger partial charge in [-0.2, -0.15) is 0 Å². The molecule has 0 aromatic rings. The largest absolute Gasteiger partial charge is 0.376 e. The molecule has 106 valence electrons. The molecule has 5 heteroatoms. The molecule has 0 saturated carbocycles. The van der Waals surface area contributed by atoms with Crippen molar-refractivity contribution in [1.82, 2.24) is 4.90 Å². The lowest BCUT2D eigenvalue weighted by atomic mass is 9.86. The standard InChI is InChI=1S/C11H17F2NO2.C2H6/c1-2-9(15)10(7-16-8-10)14-5-3-11(12,13)4-6-14;1-2/h2-8H2,1H3;1-2H3. The Morgan fingerprint density at radius 1 is 1.22 bits per heavy atom. The monoisotopic (exact) mass is 263 g/mol. The second kappa shape index (κ2) is 6.06. The number of carbonyl (C=O) groups is 1. The summed E-state index contributed by atoms with van der Waals surface area (Å²) >= 11 is 0. The van der Waals surface area contributed by atoms with E-state index in [1.165, 1.54) is 0 Å². The van der Waals surface area contributed by atoms with Gasteiger partial charge < -0.3 is 4.74 Å². The van der Waals surface area contributed by atoms with Gasteiger partial charge in [-0.25, -0.2) is 8.78 Å². The lowest BCUT2D eigenvalue weighted by Gasteiger charge is -2.50. The van der Waals surface area contributed by atoms with Crippen LogP contribution in [-0.2, 0) is 9.53 Å². The van der Waals surface area contributed by atoms with E-state index >= 15 is 0 Å². The summed E-state index contributed by atoms with van der Waals surface area (Å²) in [7, 11) is 0. The van der Waals surface area contributed by atoms with Gasteiger partial charge in [0.05, 0.1) is 13.2 Å². The van der Waals surface area contributed by atoms with Gasteiger partial charge in [-0.15, -0.1) is 0 Å². The van der Waals surface area contributed by atoms with Gasteiger partial charge in [-0.05, 0) is 0 Å². The predicted molar refractivity (Wildman–Crippen MR) is 66.0 cm³/mol. The van der Waals surface area contributed by atoms with Crippen LogP contribution in [0.3, 0.4) is 0 Å². The van der Waals surface area contributed by atoms with Crippen LogP contribution in [0.1, 0.15) is 40.0 Å². The Kier molecular flexibility index (Phi) is 5.22. The highest BCUT2D eigenvalue weighted by molar-refractivity contribution is 5.89. The van der Waals surface area contributed by atoms with Crippen LogP contribution >= 0.6 is 0 Å². The minimum atomic E-state index is -2.56. The number of hydrogen-bond acceptors (Lipinski definition) is 3. The number of halogens is 2. The number of alkyl halides is 2. The smallest absolute Gasteiger partial charge is 0.250 e. The van der Waals surface area contributed by atoms with Crippen molar-refractivity contribution in [3.05, 3.63) is 0 Å². The van der Waals surface area contributed by atoms with Crippen LogP contribution in [0.4, 0.5) is 8.78 Å². The van der Waals surface area contributed by atoms with Crippen molar-refractivity contribution in [2.24, 2.45) is 0 Å². The van der Waals surface area contributed by atoms with Gasteiger partial charge in [0.25, 0.3) is 5.92 Å². The van der Waals surface area contributed by atoms with Crippen LogP contribution in [0.15, 0.2) is 0 Å². The molecule has 2 saturated heterocycles. The fourth-order valence-electron chi connectivity index (χ4n) is 2.41. The number of Topliss-reactive ketones (excluding diaryl/α,β-unsaturated/α-hetero) is 1. The maximum Gasteiger partial charge on any atom is 0.250 e. The molecule has 0 amide bonds. The molecule has 2 heterocycles. The molecule has 2 aliphatic heterocycles. The Hall–Kier alpha value is -0.550. The van der Waals surface area contributed by atoms with Crippen LogP contribution < -0.4 is 0 Å². The maximum atomic E-state index is 13.0. The molecule has 0 bridgehead atoms. The van der Waals surface area contributed by atoms with Gasteiger partial charge in [0.1, 0.15) is 5.54 Å². The average Bonchev–Trinajstić information content (AvgIpc) is 2.32. The highest BCUT2D eigenvalue weighted by Gasteiger charge is 2.51. The molecule has 0 N–H and O–H groups in total. The Labute approximate surface area is 107 Å². The lowest BCUT2D eigenvalue weighted by Crippen LogP contribution is -2.68. The van der Waals surface area contributed by atoms with Crippen LogP contribution in [0.25, 0.3) is 0 Å². The predicted octanol–water partition coefficient (Wildman–Crippen LogP) is 2.49. The molecule has 0 atom stereocenters. The third-order valence-electron chi connectivity index (χ3n) is 3.62. The summed E-state index contributed by atoms with van der Waals surface area (Å²) in [6.45, 7) is 7.13. The molecule has 2 aliphatic rings. The minimum absolute atomic E-state index is 0.115. The fourth-order valence-corrected chi connectivity index (χ4v) is 2.41. The van der Waals surface area contributed by atoms with E-state index in [0.717, 1.165) is 0 Å². The van der Waals surface area contributed by atoms with Crippen LogP contribution in [0, 0.1) is 0 Å². The number of nitrogens with zero attached hydrogens (tertiary/aromatic N) is 1. The van der Waals surface area contributed by atoms with E-state index in [1.54, 1.807) is 6.92 Å². The Morgan fingerprint density at radius 2 is 1.72 bits per heavy atom. The van der Waals surface area contributed by atoms with E-state index in [1.807, 2.05) is 18.7 Å². The third kappa shape index (κ3) is 2.88. The van der Waals surface area contributed by atoms with Crippen molar-refractivity contribution in [2.75, 3.05) is 26.3 Å². The van der Waals surface area contributed by atoms with E-state index in [2.05, 4.69) is 0 Å². The molecule has 0 aliphatic carbocycles. The first-order valence-electron chi connectivity index (χ1n) is 6.74. The number of likely N-dealkylation sites (tertiary alicyclic amines) is 1. The first-order chi connectivity index (χ1) is 8.50. The minimum Gasteiger partial charge on any atom is -0.376 e. The summed E-state index contributed by atoms with van der Waals surface area (Å²) in [4.78, 5) is 13.8. The molecule has 2 fully saturated rings. The molecular formula is C13H23F2NO2. The van der Waals surface area contributed by atoms with Gasteiger partial charge in [0.2, 0.25) is 0 Å². The zero-order valence-electron chi connectivity index (χ0n) is 11.5. The highest BCUT2D eigenvalue weighted by atomic mass is 19.3. The number of hydrogen-bond donors (Lipinski definition) is 0. The van der Waals surface area contributed by atoms with Crippen LogP contribution in [0.2, 0.25) is 0 Å². The third-order valence-corrected chi connectivity index (χ3v) is 3.62. The van der Waals surface area contributed by atoms with Crippen molar-refractivity contribution >= 4 is 5.78 Å². The van der Waals surface area contributed by atoms with Gasteiger partial charge in [0.15, 0.2) is 5.78 Å². The molecule has 18 heavy (non-hydrogen) atoms.